The van der Waals surface area contributed by atoms with Gasteiger partial charge in [0.05, 0.1) is 11.4 Å². The molecule has 0 aliphatic carbocycles. The van der Waals surface area contributed by atoms with Crippen LogP contribution in [-0.4, -0.2) is 56.3 Å². The number of halogens is 2. The van der Waals surface area contributed by atoms with Crippen LogP contribution < -0.4 is 5.32 Å². The van der Waals surface area contributed by atoms with E-state index in [0.717, 1.165) is 5.56 Å². The van der Waals surface area contributed by atoms with Crippen molar-refractivity contribution in [2.24, 2.45) is 0 Å². The van der Waals surface area contributed by atoms with Crippen LogP contribution >= 0.6 is 23.2 Å². The van der Waals surface area contributed by atoms with Crippen molar-refractivity contribution < 1.29 is 13.2 Å². The normalized spacial score (nSPS) is 16.1. The van der Waals surface area contributed by atoms with Crippen molar-refractivity contribution in [2.45, 2.75) is 11.8 Å². The van der Waals surface area contributed by atoms with E-state index in [4.69, 9.17) is 23.2 Å². The number of benzene rings is 2. The predicted molar refractivity (Wildman–Crippen MR) is 111 cm³/mol. The average Bonchev–Trinajstić information content (AvgIpc) is 2.65. The summed E-state index contributed by atoms with van der Waals surface area (Å²) in [4.78, 5) is 14.5. The molecule has 0 spiro atoms. The molecule has 1 heterocycles. The van der Waals surface area contributed by atoms with Crippen LogP contribution in [-0.2, 0) is 14.8 Å². The van der Waals surface area contributed by atoms with Gasteiger partial charge in [0.15, 0.2) is 0 Å². The lowest BCUT2D eigenvalue weighted by molar-refractivity contribution is -0.117. The molecule has 0 unspecified atom stereocenters. The van der Waals surface area contributed by atoms with E-state index >= 15 is 0 Å². The lowest BCUT2D eigenvalue weighted by Gasteiger charge is -2.33. The molecule has 0 radical (unpaired) electrons. The lowest BCUT2D eigenvalue weighted by atomic mass is 10.2. The minimum atomic E-state index is -3.56. The zero-order chi connectivity index (χ0) is 20.3. The number of aryl methyl sites for hydroxylation is 1. The molecule has 1 aliphatic rings. The van der Waals surface area contributed by atoms with Crippen molar-refractivity contribution in [3.63, 3.8) is 0 Å². The van der Waals surface area contributed by atoms with Gasteiger partial charge in [-0.2, -0.15) is 4.31 Å². The van der Waals surface area contributed by atoms with Gasteiger partial charge >= 0.3 is 0 Å². The van der Waals surface area contributed by atoms with Crippen molar-refractivity contribution >= 4 is 44.8 Å². The summed E-state index contributed by atoms with van der Waals surface area (Å²) in [5.41, 5.74) is 1.61. The number of carbonyl (C=O) groups is 1. The SMILES string of the molecule is Cc1ccc(Cl)cc1NC(=O)CN1CCN(S(=O)(=O)c2ccc(Cl)cc2)CC1. The van der Waals surface area contributed by atoms with Gasteiger partial charge in [-0.05, 0) is 48.9 Å². The fraction of sp³-hybridized carbons (Fsp3) is 0.316. The summed E-state index contributed by atoms with van der Waals surface area (Å²) in [6, 6.07) is 11.5. The Balaban J connectivity index is 1.55. The highest BCUT2D eigenvalue weighted by Gasteiger charge is 2.29. The van der Waals surface area contributed by atoms with E-state index in [2.05, 4.69) is 5.32 Å². The third kappa shape index (κ3) is 5.04. The van der Waals surface area contributed by atoms with Gasteiger partial charge in [0.25, 0.3) is 0 Å². The third-order valence-corrected chi connectivity index (χ3v) is 7.02. The molecule has 1 N–H and O–H groups in total. The van der Waals surface area contributed by atoms with Crippen molar-refractivity contribution in [3.8, 4) is 0 Å². The molecule has 28 heavy (non-hydrogen) atoms. The summed E-state index contributed by atoms with van der Waals surface area (Å²) in [6.45, 7) is 3.71. The van der Waals surface area contributed by atoms with Crippen LogP contribution in [0.1, 0.15) is 5.56 Å². The average molecular weight is 442 g/mol. The summed E-state index contributed by atoms with van der Waals surface area (Å²) < 4.78 is 26.9. The second kappa shape index (κ2) is 8.80. The van der Waals surface area contributed by atoms with Gasteiger partial charge in [-0.15, -0.1) is 0 Å². The van der Waals surface area contributed by atoms with Crippen LogP contribution in [0.15, 0.2) is 47.4 Å². The van der Waals surface area contributed by atoms with Gasteiger partial charge in [-0.3, -0.25) is 9.69 Å². The third-order valence-electron chi connectivity index (χ3n) is 4.62. The minimum Gasteiger partial charge on any atom is -0.325 e. The monoisotopic (exact) mass is 441 g/mol. The van der Waals surface area contributed by atoms with Crippen LogP contribution in [0.5, 0.6) is 0 Å². The molecule has 1 saturated heterocycles. The first-order chi connectivity index (χ1) is 13.3. The Bertz CT molecular complexity index is 957. The molecule has 1 amide bonds. The molecular formula is C19H21Cl2N3O3S. The molecule has 2 aromatic carbocycles. The van der Waals surface area contributed by atoms with Crippen molar-refractivity contribution in [2.75, 3.05) is 38.0 Å². The number of amides is 1. The number of hydrogen-bond donors (Lipinski definition) is 1. The van der Waals surface area contributed by atoms with Gasteiger partial charge in [-0.25, -0.2) is 8.42 Å². The van der Waals surface area contributed by atoms with E-state index < -0.39 is 10.0 Å². The Morgan fingerprint density at radius 1 is 1.00 bits per heavy atom. The number of sulfonamides is 1. The molecule has 9 heteroatoms. The number of nitrogens with zero attached hydrogens (tertiary/aromatic N) is 2. The van der Waals surface area contributed by atoms with E-state index in [0.29, 0.717) is 41.9 Å². The summed E-state index contributed by atoms with van der Waals surface area (Å²) in [6.07, 6.45) is 0. The van der Waals surface area contributed by atoms with Crippen LogP contribution in [0.25, 0.3) is 0 Å². The van der Waals surface area contributed by atoms with Crippen LogP contribution in [0.3, 0.4) is 0 Å². The van der Waals surface area contributed by atoms with E-state index in [1.807, 2.05) is 17.9 Å². The minimum absolute atomic E-state index is 0.153. The van der Waals surface area contributed by atoms with Gasteiger partial charge < -0.3 is 5.32 Å². The van der Waals surface area contributed by atoms with Crippen molar-refractivity contribution in [1.82, 2.24) is 9.21 Å². The second-order valence-corrected chi connectivity index (χ2v) is 9.45. The van der Waals surface area contributed by atoms with Crippen molar-refractivity contribution in [3.05, 3.63) is 58.1 Å². The van der Waals surface area contributed by atoms with Crippen LogP contribution in [0.4, 0.5) is 5.69 Å². The number of hydrogen-bond acceptors (Lipinski definition) is 4. The Hall–Kier alpha value is -1.64. The lowest BCUT2D eigenvalue weighted by Crippen LogP contribution is -2.50. The Morgan fingerprint density at radius 3 is 2.25 bits per heavy atom. The van der Waals surface area contributed by atoms with E-state index in [-0.39, 0.29) is 17.3 Å². The van der Waals surface area contributed by atoms with Gasteiger partial charge in [0.1, 0.15) is 0 Å². The van der Waals surface area contributed by atoms with Gasteiger partial charge in [0.2, 0.25) is 15.9 Å². The Kier molecular flexibility index (Phi) is 6.62. The first-order valence-corrected chi connectivity index (χ1v) is 11.0. The second-order valence-electron chi connectivity index (χ2n) is 6.64. The molecule has 6 nitrogen and oxygen atoms in total. The molecule has 150 valence electrons. The molecule has 0 bridgehead atoms. The summed E-state index contributed by atoms with van der Waals surface area (Å²) in [7, 11) is -3.56. The van der Waals surface area contributed by atoms with Crippen LogP contribution in [0, 0.1) is 6.92 Å². The molecule has 1 fully saturated rings. The van der Waals surface area contributed by atoms with Crippen molar-refractivity contribution in [1.29, 1.82) is 0 Å². The molecule has 1 aliphatic heterocycles. The summed E-state index contributed by atoms with van der Waals surface area (Å²) in [5, 5.41) is 3.91. The molecule has 2 aromatic rings. The quantitative estimate of drug-likeness (QED) is 0.772. The zero-order valence-electron chi connectivity index (χ0n) is 15.4. The first-order valence-electron chi connectivity index (χ1n) is 8.80. The van der Waals surface area contributed by atoms with Gasteiger partial charge in [-0.1, -0.05) is 29.3 Å². The Labute approximate surface area is 175 Å². The Morgan fingerprint density at radius 2 is 1.61 bits per heavy atom. The predicted octanol–water partition coefficient (Wildman–Crippen LogP) is 3.25. The van der Waals surface area contributed by atoms with Gasteiger partial charge in [0, 0.05) is 41.9 Å². The highest BCUT2D eigenvalue weighted by atomic mass is 35.5. The van der Waals surface area contributed by atoms with E-state index in [1.54, 1.807) is 24.3 Å². The molecule has 0 atom stereocenters. The van der Waals surface area contributed by atoms with E-state index in [9.17, 15) is 13.2 Å². The topological polar surface area (TPSA) is 69.7 Å². The molecule has 0 saturated carbocycles. The standard InChI is InChI=1S/C19H21Cl2N3O3S/c1-14-2-3-16(21)12-18(14)22-19(25)13-23-8-10-24(11-9-23)28(26,27)17-6-4-15(20)5-7-17/h2-7,12H,8-11,13H2,1H3,(H,22,25). The molecule has 3 rings (SSSR count). The summed E-state index contributed by atoms with van der Waals surface area (Å²) in [5.74, 6) is -0.153. The smallest absolute Gasteiger partial charge is 0.243 e. The number of anilines is 1. The number of nitrogens with one attached hydrogen (secondary N) is 1. The molecule has 0 aromatic heterocycles. The largest absolute Gasteiger partial charge is 0.325 e. The summed E-state index contributed by atoms with van der Waals surface area (Å²) >= 11 is 11.8. The maximum atomic E-state index is 12.7. The fourth-order valence-electron chi connectivity index (χ4n) is 3.01. The van der Waals surface area contributed by atoms with Crippen LogP contribution in [0.2, 0.25) is 10.0 Å². The maximum Gasteiger partial charge on any atom is 0.243 e. The highest BCUT2D eigenvalue weighted by molar-refractivity contribution is 7.89. The van der Waals surface area contributed by atoms with E-state index in [1.165, 1.54) is 16.4 Å². The first kappa shape index (κ1) is 21.1. The molecular weight excluding hydrogens is 421 g/mol. The maximum absolute atomic E-state index is 12.7. The number of rotatable bonds is 5. The zero-order valence-corrected chi connectivity index (χ0v) is 17.7. The fourth-order valence-corrected chi connectivity index (χ4v) is 4.73. The number of carbonyl (C=O) groups excluding carboxylic acids is 1. The number of piperazine rings is 1. The highest BCUT2D eigenvalue weighted by Crippen LogP contribution is 2.21.